The molecule has 0 aromatic heterocycles. The van der Waals surface area contributed by atoms with E-state index < -0.39 is 5.60 Å². The standard InChI is InChI=1S/C16H33N3O.HI/c1-6-16(20,7-2)12-18-15(17-8-3)19-10-13(4)9-14(5)11-19;/h13-14,20H,6-12H2,1-5H3,(H,17,18);1H. The molecule has 0 aliphatic carbocycles. The van der Waals surface area contributed by atoms with Crippen LogP contribution in [0.3, 0.4) is 0 Å². The molecule has 1 aliphatic heterocycles. The van der Waals surface area contributed by atoms with E-state index in [4.69, 9.17) is 4.99 Å². The molecule has 0 aromatic rings. The Bertz CT molecular complexity index is 309. The van der Waals surface area contributed by atoms with Crippen molar-refractivity contribution in [2.45, 2.75) is 59.5 Å². The monoisotopic (exact) mass is 411 g/mol. The van der Waals surface area contributed by atoms with Crippen molar-refractivity contribution in [2.24, 2.45) is 16.8 Å². The topological polar surface area (TPSA) is 47.9 Å². The van der Waals surface area contributed by atoms with Crippen molar-refractivity contribution in [1.29, 1.82) is 0 Å². The van der Waals surface area contributed by atoms with Gasteiger partial charge in [-0.25, -0.2) is 0 Å². The maximum atomic E-state index is 10.4. The van der Waals surface area contributed by atoms with Crippen LogP contribution < -0.4 is 5.32 Å². The van der Waals surface area contributed by atoms with Gasteiger partial charge in [-0.15, -0.1) is 24.0 Å². The molecule has 1 saturated heterocycles. The molecular formula is C16H34IN3O. The van der Waals surface area contributed by atoms with Crippen molar-refractivity contribution in [1.82, 2.24) is 10.2 Å². The average Bonchev–Trinajstić information content (AvgIpc) is 2.42. The number of likely N-dealkylation sites (tertiary alicyclic amines) is 1. The van der Waals surface area contributed by atoms with Crippen LogP contribution in [0.4, 0.5) is 0 Å². The average molecular weight is 411 g/mol. The van der Waals surface area contributed by atoms with Gasteiger partial charge in [-0.2, -0.15) is 0 Å². The maximum absolute atomic E-state index is 10.4. The summed E-state index contributed by atoms with van der Waals surface area (Å²) in [4.78, 5) is 7.06. The lowest BCUT2D eigenvalue weighted by Gasteiger charge is -2.37. The van der Waals surface area contributed by atoms with Gasteiger partial charge in [0.05, 0.1) is 12.1 Å². The predicted octanol–water partition coefficient (Wildman–Crippen LogP) is 3.10. The van der Waals surface area contributed by atoms with E-state index in [1.807, 2.05) is 13.8 Å². The number of nitrogens with zero attached hydrogens (tertiary/aromatic N) is 2. The summed E-state index contributed by atoms with van der Waals surface area (Å²) in [5, 5.41) is 13.8. The van der Waals surface area contributed by atoms with Gasteiger partial charge in [0.1, 0.15) is 0 Å². The molecular weight excluding hydrogens is 377 g/mol. The zero-order chi connectivity index (χ0) is 15.2. The van der Waals surface area contributed by atoms with Crippen molar-refractivity contribution >= 4 is 29.9 Å². The summed E-state index contributed by atoms with van der Waals surface area (Å²) in [6.45, 7) is 14.2. The van der Waals surface area contributed by atoms with Gasteiger partial charge < -0.3 is 15.3 Å². The van der Waals surface area contributed by atoms with Crippen molar-refractivity contribution in [3.8, 4) is 0 Å². The van der Waals surface area contributed by atoms with Crippen LogP contribution in [0.15, 0.2) is 4.99 Å². The second kappa shape index (κ2) is 9.87. The van der Waals surface area contributed by atoms with E-state index in [9.17, 15) is 5.11 Å². The molecule has 0 radical (unpaired) electrons. The van der Waals surface area contributed by atoms with E-state index in [1.165, 1.54) is 6.42 Å². The molecule has 0 bridgehead atoms. The van der Waals surface area contributed by atoms with Gasteiger partial charge in [0.15, 0.2) is 5.96 Å². The highest BCUT2D eigenvalue weighted by Crippen LogP contribution is 2.21. The normalized spacial score (nSPS) is 23.7. The third-order valence-corrected chi connectivity index (χ3v) is 4.34. The van der Waals surface area contributed by atoms with Gasteiger partial charge in [0.2, 0.25) is 0 Å². The summed E-state index contributed by atoms with van der Waals surface area (Å²) in [6, 6.07) is 0. The number of aliphatic hydroxyl groups is 1. The minimum atomic E-state index is -0.659. The smallest absolute Gasteiger partial charge is 0.194 e. The third kappa shape index (κ3) is 6.72. The van der Waals surface area contributed by atoms with Crippen LogP contribution in [-0.4, -0.2) is 47.7 Å². The predicted molar refractivity (Wildman–Crippen MR) is 101 cm³/mol. The molecule has 0 saturated carbocycles. The fourth-order valence-electron chi connectivity index (χ4n) is 2.96. The SMILES string of the molecule is CCNC(=NCC(O)(CC)CC)N1CC(C)CC(C)C1.I. The first-order chi connectivity index (χ1) is 9.44. The van der Waals surface area contributed by atoms with Gasteiger partial charge >= 0.3 is 0 Å². The van der Waals surface area contributed by atoms with Crippen molar-refractivity contribution in [3.05, 3.63) is 0 Å². The molecule has 4 nitrogen and oxygen atoms in total. The number of halogens is 1. The molecule has 2 atom stereocenters. The van der Waals surface area contributed by atoms with Crippen LogP contribution in [0.25, 0.3) is 0 Å². The molecule has 126 valence electrons. The Morgan fingerprint density at radius 2 is 1.71 bits per heavy atom. The molecule has 2 N–H and O–H groups in total. The Kier molecular flexibility index (Phi) is 9.85. The van der Waals surface area contributed by atoms with E-state index in [2.05, 4.69) is 31.0 Å². The van der Waals surface area contributed by atoms with E-state index in [1.54, 1.807) is 0 Å². The Labute approximate surface area is 147 Å². The molecule has 5 heteroatoms. The van der Waals surface area contributed by atoms with E-state index in [0.717, 1.165) is 38.4 Å². The van der Waals surface area contributed by atoms with Gasteiger partial charge in [-0.1, -0.05) is 27.7 Å². The van der Waals surface area contributed by atoms with Gasteiger partial charge in [0.25, 0.3) is 0 Å². The van der Waals surface area contributed by atoms with Crippen molar-refractivity contribution in [2.75, 3.05) is 26.2 Å². The molecule has 0 amide bonds. The molecule has 2 unspecified atom stereocenters. The number of rotatable bonds is 5. The van der Waals surface area contributed by atoms with Gasteiger partial charge in [0, 0.05) is 19.6 Å². The van der Waals surface area contributed by atoms with Crippen LogP contribution in [0.1, 0.15) is 53.9 Å². The summed E-state index contributed by atoms with van der Waals surface area (Å²) in [5.74, 6) is 2.38. The quantitative estimate of drug-likeness (QED) is 0.415. The lowest BCUT2D eigenvalue weighted by atomic mass is 9.92. The number of guanidine groups is 1. The number of piperidine rings is 1. The molecule has 21 heavy (non-hydrogen) atoms. The lowest BCUT2D eigenvalue weighted by molar-refractivity contribution is 0.0414. The number of aliphatic imine (C=N–C) groups is 1. The van der Waals surface area contributed by atoms with E-state index in [-0.39, 0.29) is 24.0 Å². The first kappa shape index (κ1) is 21.0. The maximum Gasteiger partial charge on any atom is 0.194 e. The highest BCUT2D eigenvalue weighted by molar-refractivity contribution is 14.0. The molecule has 1 heterocycles. The fraction of sp³-hybridized carbons (Fsp3) is 0.938. The van der Waals surface area contributed by atoms with Crippen LogP contribution in [0.2, 0.25) is 0 Å². The minimum absolute atomic E-state index is 0. The van der Waals surface area contributed by atoms with Crippen LogP contribution in [0, 0.1) is 11.8 Å². The largest absolute Gasteiger partial charge is 0.388 e. The summed E-state index contributed by atoms with van der Waals surface area (Å²) in [6.07, 6.45) is 2.79. The Morgan fingerprint density at radius 1 is 1.19 bits per heavy atom. The zero-order valence-corrected chi connectivity index (χ0v) is 16.7. The lowest BCUT2D eigenvalue weighted by Crippen LogP contribution is -2.49. The molecule has 1 rings (SSSR count). The Morgan fingerprint density at radius 3 is 2.14 bits per heavy atom. The summed E-state index contributed by atoms with van der Waals surface area (Å²) in [7, 11) is 0. The minimum Gasteiger partial charge on any atom is -0.388 e. The van der Waals surface area contributed by atoms with E-state index >= 15 is 0 Å². The Balaban J connectivity index is 0.00000400. The second-order valence-electron chi connectivity index (χ2n) is 6.45. The first-order valence-corrected chi connectivity index (χ1v) is 8.19. The second-order valence-corrected chi connectivity index (χ2v) is 6.45. The van der Waals surface area contributed by atoms with E-state index in [0.29, 0.717) is 18.4 Å². The van der Waals surface area contributed by atoms with Crippen LogP contribution >= 0.6 is 24.0 Å². The molecule has 1 aliphatic rings. The number of nitrogens with one attached hydrogen (secondary N) is 1. The Hall–Kier alpha value is -0.0400. The summed E-state index contributed by atoms with van der Waals surface area (Å²) < 4.78 is 0. The zero-order valence-electron chi connectivity index (χ0n) is 14.4. The van der Waals surface area contributed by atoms with Gasteiger partial charge in [-0.05, 0) is 38.0 Å². The molecule has 0 spiro atoms. The first-order valence-electron chi connectivity index (χ1n) is 8.19. The molecule has 0 aromatic carbocycles. The molecule has 1 fully saturated rings. The third-order valence-electron chi connectivity index (χ3n) is 4.34. The number of hydrogen-bond donors (Lipinski definition) is 2. The summed E-state index contributed by atoms with van der Waals surface area (Å²) in [5.41, 5.74) is -0.659. The van der Waals surface area contributed by atoms with Gasteiger partial charge in [-0.3, -0.25) is 4.99 Å². The fourth-order valence-corrected chi connectivity index (χ4v) is 2.96. The van der Waals surface area contributed by atoms with Crippen molar-refractivity contribution in [3.63, 3.8) is 0 Å². The number of hydrogen-bond acceptors (Lipinski definition) is 2. The van der Waals surface area contributed by atoms with Crippen molar-refractivity contribution < 1.29 is 5.11 Å². The highest BCUT2D eigenvalue weighted by Gasteiger charge is 2.26. The highest BCUT2D eigenvalue weighted by atomic mass is 127. The van der Waals surface area contributed by atoms with Crippen LogP contribution in [-0.2, 0) is 0 Å². The summed E-state index contributed by atoms with van der Waals surface area (Å²) >= 11 is 0. The van der Waals surface area contributed by atoms with Crippen LogP contribution in [0.5, 0.6) is 0 Å².